The number of β-amino-alcohol motifs (C(OH)–C–C–N with tert-alkyl or cyclic N) is 1. The molecule has 1 aliphatic heterocycles. The zero-order valence-corrected chi connectivity index (χ0v) is 12.2. The molecule has 0 saturated carbocycles. The third-order valence-corrected chi connectivity index (χ3v) is 4.05. The van der Waals surface area contributed by atoms with Crippen LogP contribution < -0.4 is 4.90 Å². The summed E-state index contributed by atoms with van der Waals surface area (Å²) in [6.45, 7) is 0.486. The van der Waals surface area contributed by atoms with Crippen LogP contribution in [0.15, 0.2) is 42.9 Å². The van der Waals surface area contributed by atoms with Gasteiger partial charge in [0.2, 0.25) is 0 Å². The number of aromatic nitrogens is 2. The topological polar surface area (TPSA) is 49.2 Å². The summed E-state index contributed by atoms with van der Waals surface area (Å²) in [6.07, 6.45) is 0.106. The van der Waals surface area contributed by atoms with Gasteiger partial charge in [-0.3, -0.25) is 4.98 Å². The normalized spacial score (nSPS) is 21.7. The van der Waals surface area contributed by atoms with E-state index in [-0.39, 0.29) is 18.3 Å². The Balaban J connectivity index is 1.79. The van der Waals surface area contributed by atoms with Crippen LogP contribution in [-0.4, -0.2) is 34.3 Å². The predicted molar refractivity (Wildman–Crippen MR) is 78.9 cm³/mol. The Labute approximate surface area is 131 Å². The number of anilines is 1. The van der Waals surface area contributed by atoms with Crippen LogP contribution in [0.3, 0.4) is 0 Å². The quantitative estimate of drug-likeness (QED) is 0.943. The maximum absolute atomic E-state index is 13.1. The number of hydrogen-bond donors (Lipinski definition) is 1. The molecule has 23 heavy (non-hydrogen) atoms. The lowest BCUT2D eigenvalue weighted by atomic mass is 9.97. The maximum Gasteiger partial charge on any atom is 0.419 e. The highest BCUT2D eigenvalue weighted by molar-refractivity contribution is 5.49. The summed E-state index contributed by atoms with van der Waals surface area (Å²) in [4.78, 5) is 9.33. The lowest BCUT2D eigenvalue weighted by molar-refractivity contribution is -0.137. The van der Waals surface area contributed by atoms with E-state index in [1.165, 1.54) is 17.2 Å². The molecular formula is C16H16F3N3O. The summed E-state index contributed by atoms with van der Waals surface area (Å²) in [5, 5.41) is 10.2. The molecule has 2 aromatic heterocycles. The van der Waals surface area contributed by atoms with Gasteiger partial charge in [-0.05, 0) is 36.2 Å². The number of halogens is 3. The number of alkyl halides is 3. The van der Waals surface area contributed by atoms with Gasteiger partial charge < -0.3 is 10.0 Å². The van der Waals surface area contributed by atoms with Crippen molar-refractivity contribution in [3.63, 3.8) is 0 Å². The molecule has 0 unspecified atom stereocenters. The SMILES string of the molecule is O[C@H]1CN(c2ncccc2C(F)(F)F)C[C@H]1Cc1ccncc1. The summed E-state index contributed by atoms with van der Waals surface area (Å²) in [5.41, 5.74) is 0.236. The summed E-state index contributed by atoms with van der Waals surface area (Å²) in [5.74, 6) is -0.253. The van der Waals surface area contributed by atoms with Crippen molar-refractivity contribution in [2.75, 3.05) is 18.0 Å². The molecule has 122 valence electrons. The van der Waals surface area contributed by atoms with E-state index in [1.807, 2.05) is 12.1 Å². The Kier molecular flexibility index (Phi) is 4.21. The Bertz CT molecular complexity index is 663. The van der Waals surface area contributed by atoms with Gasteiger partial charge in [-0.15, -0.1) is 0 Å². The van der Waals surface area contributed by atoms with Crippen LogP contribution in [0.25, 0.3) is 0 Å². The highest BCUT2D eigenvalue weighted by Crippen LogP contribution is 2.37. The number of hydrogen-bond acceptors (Lipinski definition) is 4. The number of aliphatic hydroxyl groups excluding tert-OH is 1. The number of pyridine rings is 2. The molecule has 0 bridgehead atoms. The Morgan fingerprint density at radius 2 is 1.87 bits per heavy atom. The van der Waals surface area contributed by atoms with E-state index in [2.05, 4.69) is 9.97 Å². The van der Waals surface area contributed by atoms with E-state index >= 15 is 0 Å². The smallest absolute Gasteiger partial charge is 0.391 e. The van der Waals surface area contributed by atoms with Crippen LogP contribution in [0.5, 0.6) is 0 Å². The molecule has 0 spiro atoms. The molecule has 1 saturated heterocycles. The highest BCUT2D eigenvalue weighted by Gasteiger charge is 2.39. The van der Waals surface area contributed by atoms with Crippen molar-refractivity contribution in [1.82, 2.24) is 9.97 Å². The van der Waals surface area contributed by atoms with Gasteiger partial charge in [0.15, 0.2) is 0 Å². The Morgan fingerprint density at radius 1 is 1.13 bits per heavy atom. The molecule has 4 nitrogen and oxygen atoms in total. The van der Waals surface area contributed by atoms with Crippen LogP contribution >= 0.6 is 0 Å². The van der Waals surface area contributed by atoms with E-state index in [9.17, 15) is 18.3 Å². The fraction of sp³-hybridized carbons (Fsp3) is 0.375. The zero-order chi connectivity index (χ0) is 16.4. The first kappa shape index (κ1) is 15.7. The lowest BCUT2D eigenvalue weighted by Crippen LogP contribution is -2.25. The monoisotopic (exact) mass is 323 g/mol. The standard InChI is InChI=1S/C16H16F3N3O/c17-16(18,19)13-2-1-5-21-15(13)22-9-12(14(23)10-22)8-11-3-6-20-7-4-11/h1-7,12,14,23H,8-10H2/t12-,14+/m1/s1. The van der Waals surface area contributed by atoms with Gasteiger partial charge >= 0.3 is 6.18 Å². The van der Waals surface area contributed by atoms with Crippen LogP contribution in [0.2, 0.25) is 0 Å². The van der Waals surface area contributed by atoms with Crippen molar-refractivity contribution in [2.45, 2.75) is 18.7 Å². The Morgan fingerprint density at radius 3 is 2.57 bits per heavy atom. The second-order valence-corrected chi connectivity index (χ2v) is 5.66. The van der Waals surface area contributed by atoms with Gasteiger partial charge in [0.25, 0.3) is 0 Å². The molecule has 0 amide bonds. The van der Waals surface area contributed by atoms with Crippen LogP contribution in [0.1, 0.15) is 11.1 Å². The molecule has 0 radical (unpaired) electrons. The molecule has 0 aliphatic carbocycles. The summed E-state index contributed by atoms with van der Waals surface area (Å²) in [7, 11) is 0. The lowest BCUT2D eigenvalue weighted by Gasteiger charge is -2.21. The molecule has 2 aromatic rings. The number of rotatable bonds is 3. The van der Waals surface area contributed by atoms with Crippen molar-refractivity contribution >= 4 is 5.82 Å². The van der Waals surface area contributed by atoms with Crippen LogP contribution in [0.4, 0.5) is 19.0 Å². The molecule has 3 heterocycles. The average Bonchev–Trinajstić information content (AvgIpc) is 2.88. The molecule has 7 heteroatoms. The van der Waals surface area contributed by atoms with Gasteiger partial charge in [-0.25, -0.2) is 4.98 Å². The second-order valence-electron chi connectivity index (χ2n) is 5.66. The van der Waals surface area contributed by atoms with E-state index in [0.717, 1.165) is 11.6 Å². The second kappa shape index (κ2) is 6.16. The van der Waals surface area contributed by atoms with Gasteiger partial charge in [-0.2, -0.15) is 13.2 Å². The first-order valence-corrected chi connectivity index (χ1v) is 7.29. The third-order valence-electron chi connectivity index (χ3n) is 4.05. The van der Waals surface area contributed by atoms with Gasteiger partial charge in [0.1, 0.15) is 5.82 Å². The molecule has 1 fully saturated rings. The average molecular weight is 323 g/mol. The van der Waals surface area contributed by atoms with Gasteiger partial charge in [0, 0.05) is 37.6 Å². The minimum Gasteiger partial charge on any atom is -0.391 e. The first-order valence-electron chi connectivity index (χ1n) is 7.29. The van der Waals surface area contributed by atoms with Crippen molar-refractivity contribution < 1.29 is 18.3 Å². The minimum atomic E-state index is -4.46. The van der Waals surface area contributed by atoms with Crippen molar-refractivity contribution in [3.05, 3.63) is 54.0 Å². The predicted octanol–water partition coefficient (Wildman–Crippen LogP) is 2.54. The molecule has 3 rings (SSSR count). The van der Waals surface area contributed by atoms with Crippen LogP contribution in [0, 0.1) is 5.92 Å². The fourth-order valence-electron chi connectivity index (χ4n) is 2.92. The van der Waals surface area contributed by atoms with Crippen molar-refractivity contribution in [2.24, 2.45) is 5.92 Å². The van der Waals surface area contributed by atoms with E-state index in [1.54, 1.807) is 12.4 Å². The van der Waals surface area contributed by atoms with Gasteiger partial charge in [0.05, 0.1) is 11.7 Å². The fourth-order valence-corrected chi connectivity index (χ4v) is 2.92. The number of aliphatic hydroxyl groups is 1. The van der Waals surface area contributed by atoms with E-state index < -0.39 is 17.8 Å². The molecule has 1 aliphatic rings. The number of nitrogens with zero attached hydrogens (tertiary/aromatic N) is 3. The van der Waals surface area contributed by atoms with Gasteiger partial charge in [-0.1, -0.05) is 0 Å². The minimum absolute atomic E-state index is 0.115. The molecule has 0 aromatic carbocycles. The highest BCUT2D eigenvalue weighted by atomic mass is 19.4. The van der Waals surface area contributed by atoms with E-state index in [0.29, 0.717) is 13.0 Å². The van der Waals surface area contributed by atoms with Crippen molar-refractivity contribution in [3.8, 4) is 0 Å². The molecular weight excluding hydrogens is 307 g/mol. The Hall–Kier alpha value is -2.15. The first-order chi connectivity index (χ1) is 10.9. The van der Waals surface area contributed by atoms with Crippen LogP contribution in [-0.2, 0) is 12.6 Å². The zero-order valence-electron chi connectivity index (χ0n) is 12.2. The third kappa shape index (κ3) is 3.44. The molecule has 2 atom stereocenters. The maximum atomic E-state index is 13.1. The van der Waals surface area contributed by atoms with Crippen molar-refractivity contribution in [1.29, 1.82) is 0 Å². The largest absolute Gasteiger partial charge is 0.419 e. The van der Waals surface area contributed by atoms with E-state index in [4.69, 9.17) is 0 Å². The molecule has 1 N–H and O–H groups in total. The summed E-state index contributed by atoms with van der Waals surface area (Å²) < 4.78 is 39.3. The summed E-state index contributed by atoms with van der Waals surface area (Å²) >= 11 is 0. The summed E-state index contributed by atoms with van der Waals surface area (Å²) in [6, 6.07) is 5.98.